The van der Waals surface area contributed by atoms with Gasteiger partial charge in [-0.3, -0.25) is 4.79 Å². The second-order valence-corrected chi connectivity index (χ2v) is 7.96. The second-order valence-electron chi connectivity index (χ2n) is 7.96. The van der Waals surface area contributed by atoms with Crippen molar-refractivity contribution in [2.24, 2.45) is 17.4 Å². The molecule has 0 bridgehead atoms. The van der Waals surface area contributed by atoms with Gasteiger partial charge < -0.3 is 21.1 Å². The Hall–Kier alpha value is -2.60. The average Bonchev–Trinajstić information content (AvgIpc) is 2.72. The summed E-state index contributed by atoms with van der Waals surface area (Å²) in [4.78, 5) is 13.9. The van der Waals surface area contributed by atoms with E-state index in [9.17, 15) is 4.79 Å². The Morgan fingerprint density at radius 1 is 1.17 bits per heavy atom. The molecule has 2 aromatic carbocycles. The molecule has 0 radical (unpaired) electrons. The molecule has 3 rings (SSSR count). The van der Waals surface area contributed by atoms with Gasteiger partial charge in [0, 0.05) is 36.4 Å². The topological polar surface area (TPSA) is 81.6 Å². The minimum atomic E-state index is -0.773. The zero-order chi connectivity index (χ0) is 21.0. The van der Waals surface area contributed by atoms with Gasteiger partial charge in [-0.1, -0.05) is 19.9 Å². The van der Waals surface area contributed by atoms with Crippen LogP contribution in [0.15, 0.2) is 30.3 Å². The van der Waals surface area contributed by atoms with Crippen LogP contribution >= 0.6 is 0 Å². The lowest BCUT2D eigenvalue weighted by molar-refractivity contribution is 0.0996. The van der Waals surface area contributed by atoms with Crippen LogP contribution in [0.2, 0.25) is 0 Å². The maximum absolute atomic E-state index is 15.4. The third kappa shape index (κ3) is 4.70. The standard InChI is InChI=1S/C23H30FN3O2/c1-15(2)14-29-20-9-6-16(12-17(20)13-25)21-19(27-10-4-3-5-11-27)8-7-18(22(21)24)23(26)28/h6-9,12,15H,3-5,10-11,13-14,25H2,1-2H3,(H2,26,28). The molecule has 0 aliphatic carbocycles. The Bertz CT molecular complexity index is 877. The van der Waals surface area contributed by atoms with Crippen LogP contribution in [0.25, 0.3) is 11.1 Å². The number of rotatable bonds is 7. The van der Waals surface area contributed by atoms with E-state index in [2.05, 4.69) is 18.7 Å². The SMILES string of the molecule is CC(C)COc1ccc(-c2c(N3CCCCC3)ccc(C(N)=O)c2F)cc1CN. The highest BCUT2D eigenvalue weighted by atomic mass is 19.1. The van der Waals surface area contributed by atoms with Gasteiger partial charge in [-0.05, 0) is 55.0 Å². The summed E-state index contributed by atoms with van der Waals surface area (Å²) in [6.45, 7) is 6.73. The molecule has 0 unspecified atom stereocenters. The Morgan fingerprint density at radius 2 is 1.90 bits per heavy atom. The highest BCUT2D eigenvalue weighted by molar-refractivity contribution is 5.96. The van der Waals surface area contributed by atoms with Crippen molar-refractivity contribution in [3.05, 3.63) is 47.3 Å². The van der Waals surface area contributed by atoms with Crippen molar-refractivity contribution in [3.63, 3.8) is 0 Å². The Balaban J connectivity index is 2.10. The number of carbonyl (C=O) groups is 1. The second kappa shape index (κ2) is 9.27. The first-order chi connectivity index (χ1) is 13.9. The summed E-state index contributed by atoms with van der Waals surface area (Å²) >= 11 is 0. The Kier molecular flexibility index (Phi) is 6.75. The van der Waals surface area contributed by atoms with Gasteiger partial charge in [0.2, 0.25) is 0 Å². The fourth-order valence-electron chi connectivity index (χ4n) is 3.72. The van der Waals surface area contributed by atoms with Gasteiger partial charge in [-0.15, -0.1) is 0 Å². The number of benzene rings is 2. The number of ether oxygens (including phenoxy) is 1. The maximum Gasteiger partial charge on any atom is 0.251 e. The smallest absolute Gasteiger partial charge is 0.251 e. The van der Waals surface area contributed by atoms with E-state index in [1.807, 2.05) is 18.2 Å². The summed E-state index contributed by atoms with van der Waals surface area (Å²) in [7, 11) is 0. The number of nitrogens with zero attached hydrogens (tertiary/aromatic N) is 1. The predicted molar refractivity (Wildman–Crippen MR) is 115 cm³/mol. The summed E-state index contributed by atoms with van der Waals surface area (Å²) in [6.07, 6.45) is 3.30. The van der Waals surface area contributed by atoms with Crippen molar-refractivity contribution in [2.75, 3.05) is 24.6 Å². The number of carbonyl (C=O) groups excluding carboxylic acids is 1. The molecule has 0 saturated carbocycles. The van der Waals surface area contributed by atoms with Gasteiger partial charge in [-0.25, -0.2) is 4.39 Å². The molecule has 5 nitrogen and oxygen atoms in total. The van der Waals surface area contributed by atoms with Crippen LogP contribution in [0.3, 0.4) is 0 Å². The third-order valence-corrected chi connectivity index (χ3v) is 5.22. The van der Waals surface area contributed by atoms with E-state index in [1.165, 1.54) is 12.5 Å². The molecule has 0 aromatic heterocycles. The zero-order valence-electron chi connectivity index (χ0n) is 17.2. The molecule has 0 atom stereocenters. The van der Waals surface area contributed by atoms with Crippen LogP contribution in [0.1, 0.15) is 49.0 Å². The van der Waals surface area contributed by atoms with E-state index in [0.717, 1.165) is 37.2 Å². The van der Waals surface area contributed by atoms with E-state index < -0.39 is 11.7 Å². The van der Waals surface area contributed by atoms with Crippen molar-refractivity contribution in [2.45, 2.75) is 39.7 Å². The van der Waals surface area contributed by atoms with E-state index in [4.69, 9.17) is 16.2 Å². The average molecular weight is 400 g/mol. The normalized spacial score (nSPS) is 14.3. The van der Waals surface area contributed by atoms with Crippen LogP contribution in [0, 0.1) is 11.7 Å². The number of primary amides is 1. The van der Waals surface area contributed by atoms with Crippen molar-refractivity contribution in [1.29, 1.82) is 0 Å². The van der Waals surface area contributed by atoms with Crippen LogP contribution in [0.4, 0.5) is 10.1 Å². The van der Waals surface area contributed by atoms with Crippen LogP contribution < -0.4 is 21.1 Å². The molecule has 29 heavy (non-hydrogen) atoms. The van der Waals surface area contributed by atoms with Crippen molar-refractivity contribution in [1.82, 2.24) is 0 Å². The van der Waals surface area contributed by atoms with E-state index in [-0.39, 0.29) is 12.1 Å². The van der Waals surface area contributed by atoms with Crippen molar-refractivity contribution < 1.29 is 13.9 Å². The summed E-state index contributed by atoms with van der Waals surface area (Å²) in [6, 6.07) is 8.79. The van der Waals surface area contributed by atoms with Gasteiger partial charge in [0.15, 0.2) is 0 Å². The van der Waals surface area contributed by atoms with Crippen molar-refractivity contribution >= 4 is 11.6 Å². The van der Waals surface area contributed by atoms with Gasteiger partial charge in [0.05, 0.1) is 12.2 Å². The van der Waals surface area contributed by atoms with Crippen LogP contribution in [-0.2, 0) is 6.54 Å². The molecular formula is C23H30FN3O2. The molecule has 2 aromatic rings. The van der Waals surface area contributed by atoms with E-state index in [1.54, 1.807) is 6.07 Å². The minimum Gasteiger partial charge on any atom is -0.493 e. The van der Waals surface area contributed by atoms with Crippen LogP contribution in [-0.4, -0.2) is 25.6 Å². The lowest BCUT2D eigenvalue weighted by atomic mass is 9.96. The molecule has 1 fully saturated rings. The first kappa shape index (κ1) is 21.1. The van der Waals surface area contributed by atoms with E-state index in [0.29, 0.717) is 29.4 Å². The minimum absolute atomic E-state index is 0.102. The van der Waals surface area contributed by atoms with Gasteiger partial charge in [0.1, 0.15) is 11.6 Å². The molecular weight excluding hydrogens is 369 g/mol. The number of amides is 1. The van der Waals surface area contributed by atoms with Crippen LogP contribution in [0.5, 0.6) is 5.75 Å². The molecule has 1 heterocycles. The van der Waals surface area contributed by atoms with Gasteiger partial charge in [-0.2, -0.15) is 0 Å². The van der Waals surface area contributed by atoms with Crippen molar-refractivity contribution in [3.8, 4) is 16.9 Å². The first-order valence-corrected chi connectivity index (χ1v) is 10.3. The lowest BCUT2D eigenvalue weighted by Gasteiger charge is -2.31. The fourth-order valence-corrected chi connectivity index (χ4v) is 3.72. The number of hydrogen-bond acceptors (Lipinski definition) is 4. The third-order valence-electron chi connectivity index (χ3n) is 5.22. The highest BCUT2D eigenvalue weighted by Gasteiger charge is 2.23. The number of halogens is 1. The Morgan fingerprint density at radius 3 is 2.52 bits per heavy atom. The largest absolute Gasteiger partial charge is 0.493 e. The summed E-state index contributed by atoms with van der Waals surface area (Å²) in [5.74, 6) is -0.268. The molecule has 1 aliphatic heterocycles. The number of nitrogens with two attached hydrogens (primary N) is 2. The summed E-state index contributed by atoms with van der Waals surface area (Å²) in [5, 5.41) is 0. The van der Waals surface area contributed by atoms with E-state index >= 15 is 4.39 Å². The lowest BCUT2D eigenvalue weighted by Crippen LogP contribution is -2.30. The predicted octanol–water partition coefficient (Wildman–Crippen LogP) is 4.08. The molecule has 4 N–H and O–H groups in total. The van der Waals surface area contributed by atoms with Gasteiger partial charge >= 0.3 is 0 Å². The molecule has 1 saturated heterocycles. The van der Waals surface area contributed by atoms with Gasteiger partial charge in [0.25, 0.3) is 5.91 Å². The summed E-state index contributed by atoms with van der Waals surface area (Å²) < 4.78 is 21.3. The first-order valence-electron chi connectivity index (χ1n) is 10.3. The number of piperidine rings is 1. The molecule has 1 aliphatic rings. The summed E-state index contributed by atoms with van der Waals surface area (Å²) in [5.41, 5.74) is 13.9. The monoisotopic (exact) mass is 399 g/mol. The number of anilines is 1. The molecule has 1 amide bonds. The molecule has 6 heteroatoms. The maximum atomic E-state index is 15.4. The molecule has 0 spiro atoms. The fraction of sp³-hybridized carbons (Fsp3) is 0.435. The number of hydrogen-bond donors (Lipinski definition) is 2. The zero-order valence-corrected chi connectivity index (χ0v) is 17.2. The quantitative estimate of drug-likeness (QED) is 0.735. The molecule has 156 valence electrons. The Labute approximate surface area is 171 Å². The highest BCUT2D eigenvalue weighted by Crippen LogP contribution is 2.38.